The Bertz CT molecular complexity index is 275. The molecule has 1 nitrogen and oxygen atoms in total. The van der Waals surface area contributed by atoms with Crippen LogP contribution in [0.5, 0.6) is 0 Å². The maximum absolute atomic E-state index is 12.1. The van der Waals surface area contributed by atoms with Gasteiger partial charge < -0.3 is 0 Å². The molecule has 0 spiro atoms. The molecule has 78 valence electrons. The molecular weight excluding hydrogens is 172 g/mol. The van der Waals surface area contributed by atoms with Crippen molar-refractivity contribution in [3.05, 3.63) is 11.1 Å². The molecule has 0 N–H and O–H groups in total. The Morgan fingerprint density at radius 1 is 1.29 bits per heavy atom. The van der Waals surface area contributed by atoms with Gasteiger partial charge in [0.2, 0.25) is 0 Å². The monoisotopic (exact) mass is 192 g/mol. The number of ketones is 1. The molecular formula is C13H20O. The highest BCUT2D eigenvalue weighted by Gasteiger charge is 2.40. The Morgan fingerprint density at radius 3 is 2.71 bits per heavy atom. The van der Waals surface area contributed by atoms with Crippen LogP contribution in [0.15, 0.2) is 11.1 Å². The molecule has 0 amide bonds. The lowest BCUT2D eigenvalue weighted by molar-refractivity contribution is -0.119. The normalized spacial score (nSPS) is 32.3. The summed E-state index contributed by atoms with van der Waals surface area (Å²) in [6.45, 7) is 4.29. The summed E-state index contributed by atoms with van der Waals surface area (Å²) in [5.74, 6) is 1.47. The first-order valence-corrected chi connectivity index (χ1v) is 6.05. The number of hydrogen-bond acceptors (Lipinski definition) is 1. The van der Waals surface area contributed by atoms with Crippen LogP contribution in [0.1, 0.15) is 52.4 Å². The highest BCUT2D eigenvalue weighted by atomic mass is 16.1. The number of carbonyl (C=O) groups excluding carboxylic acids is 1. The molecule has 2 aliphatic carbocycles. The number of carbonyl (C=O) groups is 1. The van der Waals surface area contributed by atoms with E-state index in [4.69, 9.17) is 0 Å². The average molecular weight is 192 g/mol. The molecule has 1 heteroatoms. The zero-order valence-corrected chi connectivity index (χ0v) is 9.31. The second-order valence-electron chi connectivity index (χ2n) is 4.59. The molecule has 0 aliphatic heterocycles. The smallest absolute Gasteiger partial charge is 0.162 e. The highest BCUT2D eigenvalue weighted by molar-refractivity contribution is 6.01. The number of rotatable bonds is 2. The van der Waals surface area contributed by atoms with Crippen molar-refractivity contribution in [3.8, 4) is 0 Å². The van der Waals surface area contributed by atoms with E-state index in [2.05, 4.69) is 13.8 Å². The number of hydrogen-bond donors (Lipinski definition) is 0. The molecule has 0 aromatic heterocycles. The second kappa shape index (κ2) is 3.88. The van der Waals surface area contributed by atoms with Crippen LogP contribution in [-0.2, 0) is 4.79 Å². The van der Waals surface area contributed by atoms with E-state index >= 15 is 0 Å². The topological polar surface area (TPSA) is 17.1 Å². The predicted octanol–water partition coefficient (Wildman–Crippen LogP) is 3.49. The van der Waals surface area contributed by atoms with Gasteiger partial charge in [-0.1, -0.05) is 25.8 Å². The van der Waals surface area contributed by atoms with Crippen molar-refractivity contribution < 1.29 is 4.79 Å². The predicted molar refractivity (Wildman–Crippen MR) is 58.1 cm³/mol. The molecule has 2 unspecified atom stereocenters. The minimum absolute atomic E-state index is 0.347. The van der Waals surface area contributed by atoms with Crippen LogP contribution in [-0.4, -0.2) is 5.78 Å². The van der Waals surface area contributed by atoms with Crippen LogP contribution in [0.2, 0.25) is 0 Å². The molecule has 2 aliphatic rings. The first-order chi connectivity index (χ1) is 6.79. The average Bonchev–Trinajstić information content (AvgIpc) is 2.49. The summed E-state index contributed by atoms with van der Waals surface area (Å²) >= 11 is 0. The van der Waals surface area contributed by atoms with Crippen LogP contribution in [0.25, 0.3) is 0 Å². The molecule has 2 atom stereocenters. The fraction of sp³-hybridized carbons (Fsp3) is 0.769. The minimum atomic E-state index is 0.347. The molecule has 0 aromatic carbocycles. The summed E-state index contributed by atoms with van der Waals surface area (Å²) in [6.07, 6.45) is 7.10. The van der Waals surface area contributed by atoms with Crippen molar-refractivity contribution >= 4 is 5.78 Å². The van der Waals surface area contributed by atoms with Crippen LogP contribution in [0.3, 0.4) is 0 Å². The largest absolute Gasteiger partial charge is 0.294 e. The van der Waals surface area contributed by atoms with E-state index in [0.29, 0.717) is 17.6 Å². The minimum Gasteiger partial charge on any atom is -0.294 e. The summed E-state index contributed by atoms with van der Waals surface area (Å²) in [5.41, 5.74) is 2.73. The number of Topliss-reactive ketones (excluding diaryl/α,β-unsaturated/α-hetero) is 1. The van der Waals surface area contributed by atoms with E-state index in [0.717, 1.165) is 12.8 Å². The van der Waals surface area contributed by atoms with Crippen molar-refractivity contribution in [1.29, 1.82) is 0 Å². The van der Waals surface area contributed by atoms with Gasteiger partial charge in [0.25, 0.3) is 0 Å². The summed E-state index contributed by atoms with van der Waals surface area (Å²) in [4.78, 5) is 12.1. The van der Waals surface area contributed by atoms with E-state index in [1.165, 1.54) is 36.8 Å². The molecule has 1 saturated carbocycles. The van der Waals surface area contributed by atoms with Gasteiger partial charge in [0, 0.05) is 5.92 Å². The van der Waals surface area contributed by atoms with Gasteiger partial charge in [-0.3, -0.25) is 4.79 Å². The Balaban J connectivity index is 2.31. The van der Waals surface area contributed by atoms with Gasteiger partial charge in [0.1, 0.15) is 0 Å². The zero-order chi connectivity index (χ0) is 10.1. The third-order valence-corrected chi connectivity index (χ3v) is 3.96. The van der Waals surface area contributed by atoms with E-state index in [9.17, 15) is 4.79 Å². The molecule has 0 saturated heterocycles. The lowest BCUT2D eigenvalue weighted by atomic mass is 9.79. The van der Waals surface area contributed by atoms with Gasteiger partial charge in [-0.15, -0.1) is 0 Å². The lowest BCUT2D eigenvalue weighted by Gasteiger charge is -2.25. The second-order valence-corrected chi connectivity index (χ2v) is 4.59. The van der Waals surface area contributed by atoms with Crippen molar-refractivity contribution in [1.82, 2.24) is 0 Å². The van der Waals surface area contributed by atoms with Crippen molar-refractivity contribution in [2.45, 2.75) is 52.4 Å². The molecule has 2 rings (SSSR count). The number of allylic oxidation sites excluding steroid dienone is 2. The Morgan fingerprint density at radius 2 is 2.07 bits per heavy atom. The van der Waals surface area contributed by atoms with Crippen LogP contribution < -0.4 is 0 Å². The Hall–Kier alpha value is -0.590. The molecule has 1 fully saturated rings. The summed E-state index contributed by atoms with van der Waals surface area (Å²) in [5, 5.41) is 0. The molecule has 14 heavy (non-hydrogen) atoms. The Kier molecular flexibility index (Phi) is 2.76. The molecule has 0 aromatic rings. The molecule has 0 heterocycles. The van der Waals surface area contributed by atoms with Crippen molar-refractivity contribution in [2.24, 2.45) is 11.8 Å². The maximum Gasteiger partial charge on any atom is 0.162 e. The first-order valence-electron chi connectivity index (χ1n) is 6.05. The van der Waals surface area contributed by atoms with E-state index in [1.807, 2.05) is 0 Å². The fourth-order valence-electron chi connectivity index (χ4n) is 3.29. The van der Waals surface area contributed by atoms with E-state index in [-0.39, 0.29) is 0 Å². The molecule has 0 radical (unpaired) electrons. The standard InChI is InChI=1S/C13H20O/c1-3-9-11-7-5-6-8-12(11)10(4-2)13(9)14/h9,11H,3-8H2,1-2H3. The van der Waals surface area contributed by atoms with Crippen molar-refractivity contribution in [3.63, 3.8) is 0 Å². The van der Waals surface area contributed by atoms with Gasteiger partial charge in [-0.25, -0.2) is 0 Å². The lowest BCUT2D eigenvalue weighted by Crippen LogP contribution is -2.19. The van der Waals surface area contributed by atoms with Gasteiger partial charge >= 0.3 is 0 Å². The van der Waals surface area contributed by atoms with Gasteiger partial charge in [0.05, 0.1) is 0 Å². The highest BCUT2D eigenvalue weighted by Crippen LogP contribution is 2.45. The quantitative estimate of drug-likeness (QED) is 0.654. The van der Waals surface area contributed by atoms with Gasteiger partial charge in [-0.2, -0.15) is 0 Å². The fourth-order valence-corrected chi connectivity index (χ4v) is 3.29. The summed E-state index contributed by atoms with van der Waals surface area (Å²) in [6, 6.07) is 0. The van der Waals surface area contributed by atoms with Crippen LogP contribution in [0.4, 0.5) is 0 Å². The van der Waals surface area contributed by atoms with E-state index in [1.54, 1.807) is 0 Å². The van der Waals surface area contributed by atoms with Crippen LogP contribution in [0, 0.1) is 11.8 Å². The third kappa shape index (κ3) is 1.34. The SMILES string of the molecule is CCC1=C2CCCCC2C(CC)C1=O. The summed E-state index contributed by atoms with van der Waals surface area (Å²) < 4.78 is 0. The molecule has 0 bridgehead atoms. The maximum atomic E-state index is 12.1. The van der Waals surface area contributed by atoms with Crippen molar-refractivity contribution in [2.75, 3.05) is 0 Å². The van der Waals surface area contributed by atoms with Gasteiger partial charge in [0.15, 0.2) is 5.78 Å². The zero-order valence-electron chi connectivity index (χ0n) is 9.31. The van der Waals surface area contributed by atoms with Gasteiger partial charge in [-0.05, 0) is 43.6 Å². The summed E-state index contributed by atoms with van der Waals surface area (Å²) in [7, 11) is 0. The van der Waals surface area contributed by atoms with E-state index < -0.39 is 0 Å². The Labute approximate surface area is 86.6 Å². The number of fused-ring (bicyclic) bond motifs is 1. The first kappa shape index (κ1) is 9.95. The van der Waals surface area contributed by atoms with Crippen LogP contribution >= 0.6 is 0 Å². The third-order valence-electron chi connectivity index (χ3n) is 3.96.